The van der Waals surface area contributed by atoms with E-state index in [1.807, 2.05) is 0 Å². The maximum atomic E-state index is 13.6. The topological polar surface area (TPSA) is 70.6 Å². The molecule has 0 spiro atoms. The first-order valence-corrected chi connectivity index (χ1v) is 12.3. The lowest BCUT2D eigenvalue weighted by Crippen LogP contribution is -2.48. The van der Waals surface area contributed by atoms with Crippen LogP contribution in [0.5, 0.6) is 5.75 Å². The van der Waals surface area contributed by atoms with E-state index in [1.165, 1.54) is 56.7 Å². The molecule has 0 radical (unpaired) electrons. The van der Waals surface area contributed by atoms with Crippen LogP contribution in [0.4, 0.5) is 8.78 Å². The van der Waals surface area contributed by atoms with Gasteiger partial charge in [-0.15, -0.1) is 0 Å². The highest BCUT2D eigenvalue weighted by molar-refractivity contribution is 5.73. The van der Waals surface area contributed by atoms with Crippen molar-refractivity contribution in [3.05, 3.63) is 64.7 Å². The minimum atomic E-state index is -0.942. The minimum absolute atomic E-state index is 0.0199. The average Bonchev–Trinajstić information content (AvgIpc) is 2.81. The summed E-state index contributed by atoms with van der Waals surface area (Å²) in [5.41, 5.74) is 2.83. The Morgan fingerprint density at radius 1 is 1.09 bits per heavy atom. The van der Waals surface area contributed by atoms with Crippen LogP contribution in [0.15, 0.2) is 36.4 Å². The maximum absolute atomic E-state index is 13.6. The third kappa shape index (κ3) is 6.33. The van der Waals surface area contributed by atoms with Gasteiger partial charge in [0, 0.05) is 37.6 Å². The quantitative estimate of drug-likeness (QED) is 0.528. The predicted molar refractivity (Wildman–Crippen MR) is 127 cm³/mol. The van der Waals surface area contributed by atoms with E-state index in [-0.39, 0.29) is 24.9 Å². The molecule has 0 bridgehead atoms. The number of ether oxygens (including phenoxy) is 1. The second-order valence-corrected chi connectivity index (χ2v) is 9.59. The van der Waals surface area contributed by atoms with Gasteiger partial charge in [0.05, 0.1) is 18.8 Å². The lowest BCUT2D eigenvalue weighted by atomic mass is 9.82. The van der Waals surface area contributed by atoms with E-state index in [9.17, 15) is 18.7 Å². The zero-order valence-corrected chi connectivity index (χ0v) is 19.7. The van der Waals surface area contributed by atoms with Gasteiger partial charge in [0.1, 0.15) is 17.4 Å². The highest BCUT2D eigenvalue weighted by Gasteiger charge is 2.27. The lowest BCUT2D eigenvalue weighted by molar-refractivity contribution is -0.120. The number of aliphatic hydroxyl groups excluding tert-OH is 1. The van der Waals surface area contributed by atoms with Crippen molar-refractivity contribution in [1.82, 2.24) is 10.6 Å². The normalized spacial score (nSPS) is 20.2. The number of benzene rings is 2. The molecule has 2 aromatic rings. The first kappa shape index (κ1) is 24.6. The highest BCUT2D eigenvalue weighted by Crippen LogP contribution is 2.38. The Morgan fingerprint density at radius 3 is 2.53 bits per heavy atom. The van der Waals surface area contributed by atoms with E-state index in [2.05, 4.69) is 28.8 Å². The number of halogens is 2. The molecule has 1 aliphatic carbocycles. The van der Waals surface area contributed by atoms with E-state index >= 15 is 0 Å². The number of rotatable bonds is 8. The molecular weight excluding hydrogens is 438 g/mol. The fourth-order valence-electron chi connectivity index (χ4n) is 5.25. The standard InChI is InChI=1S/C27H34F2N2O3/c1-17(32)31-25(13-18-11-21(28)15-22(29)12-18)26(33)16-30-24-9-10-34-27-8-7-20(14-23(24)27)19-5-3-2-4-6-19/h7-8,11-12,14-15,19,24-26,30,33H,2-6,9-10,13,16H2,1H3,(H,31,32). The molecule has 1 saturated carbocycles. The Balaban J connectivity index is 1.44. The van der Waals surface area contributed by atoms with Crippen molar-refractivity contribution in [3.63, 3.8) is 0 Å². The molecule has 3 atom stereocenters. The molecule has 1 amide bonds. The molecule has 3 N–H and O–H groups in total. The fourth-order valence-corrected chi connectivity index (χ4v) is 5.25. The summed E-state index contributed by atoms with van der Waals surface area (Å²) < 4.78 is 33.1. The number of aliphatic hydroxyl groups is 1. The van der Waals surface area contributed by atoms with E-state index in [0.717, 1.165) is 23.8 Å². The first-order chi connectivity index (χ1) is 16.4. The van der Waals surface area contributed by atoms with Crippen LogP contribution in [0.3, 0.4) is 0 Å². The molecule has 1 fully saturated rings. The number of nitrogens with one attached hydrogen (secondary N) is 2. The fraction of sp³-hybridized carbons (Fsp3) is 0.519. The summed E-state index contributed by atoms with van der Waals surface area (Å²) >= 11 is 0. The molecule has 2 aliphatic rings. The molecule has 184 valence electrons. The lowest BCUT2D eigenvalue weighted by Gasteiger charge is -2.31. The van der Waals surface area contributed by atoms with Gasteiger partial charge in [0.25, 0.3) is 0 Å². The molecule has 2 aromatic carbocycles. The van der Waals surface area contributed by atoms with Crippen LogP contribution in [0.25, 0.3) is 0 Å². The maximum Gasteiger partial charge on any atom is 0.217 e. The Morgan fingerprint density at radius 2 is 1.82 bits per heavy atom. The van der Waals surface area contributed by atoms with Gasteiger partial charge >= 0.3 is 0 Å². The van der Waals surface area contributed by atoms with E-state index < -0.39 is 23.8 Å². The van der Waals surface area contributed by atoms with Gasteiger partial charge in [-0.2, -0.15) is 0 Å². The van der Waals surface area contributed by atoms with Crippen molar-refractivity contribution in [2.24, 2.45) is 0 Å². The van der Waals surface area contributed by atoms with Gasteiger partial charge in [0.2, 0.25) is 5.91 Å². The van der Waals surface area contributed by atoms with Crippen molar-refractivity contribution in [3.8, 4) is 5.75 Å². The van der Waals surface area contributed by atoms with Crippen LogP contribution in [-0.4, -0.2) is 36.3 Å². The summed E-state index contributed by atoms with van der Waals surface area (Å²) in [7, 11) is 0. The van der Waals surface area contributed by atoms with Crippen LogP contribution in [-0.2, 0) is 11.2 Å². The van der Waals surface area contributed by atoms with Crippen molar-refractivity contribution in [2.75, 3.05) is 13.2 Å². The van der Waals surface area contributed by atoms with Crippen LogP contribution >= 0.6 is 0 Å². The smallest absolute Gasteiger partial charge is 0.217 e. The Kier molecular flexibility index (Phi) is 8.16. The number of amides is 1. The van der Waals surface area contributed by atoms with Crippen molar-refractivity contribution in [2.45, 2.75) is 76.0 Å². The molecule has 0 aromatic heterocycles. The second-order valence-electron chi connectivity index (χ2n) is 9.59. The van der Waals surface area contributed by atoms with Gasteiger partial charge in [-0.1, -0.05) is 31.4 Å². The summed E-state index contributed by atoms with van der Waals surface area (Å²) in [5, 5.41) is 17.1. The monoisotopic (exact) mass is 472 g/mol. The summed E-state index contributed by atoms with van der Waals surface area (Å²) in [4.78, 5) is 11.7. The summed E-state index contributed by atoms with van der Waals surface area (Å²) in [6.45, 7) is 2.17. The molecule has 1 aliphatic heterocycles. The Bertz CT molecular complexity index is 974. The Hall–Kier alpha value is -2.51. The van der Waals surface area contributed by atoms with Gasteiger partial charge < -0.3 is 20.5 Å². The predicted octanol–water partition coefficient (Wildman–Crippen LogP) is 4.53. The number of carbonyl (C=O) groups excluding carboxylic acids is 1. The molecular formula is C27H34F2N2O3. The SMILES string of the molecule is CC(=O)NC(Cc1cc(F)cc(F)c1)C(O)CNC1CCOc2ccc(C3CCCCC3)cc21. The van der Waals surface area contributed by atoms with E-state index in [0.29, 0.717) is 18.1 Å². The number of fused-ring (bicyclic) bond motifs is 1. The van der Waals surface area contributed by atoms with Crippen LogP contribution in [0.2, 0.25) is 0 Å². The molecule has 0 saturated heterocycles. The van der Waals surface area contributed by atoms with Crippen molar-refractivity contribution >= 4 is 5.91 Å². The number of carbonyl (C=O) groups is 1. The van der Waals surface area contributed by atoms with Crippen molar-refractivity contribution < 1.29 is 23.4 Å². The van der Waals surface area contributed by atoms with Gasteiger partial charge in [-0.25, -0.2) is 8.78 Å². The van der Waals surface area contributed by atoms with Crippen LogP contribution < -0.4 is 15.4 Å². The van der Waals surface area contributed by atoms with Crippen molar-refractivity contribution in [1.29, 1.82) is 0 Å². The minimum Gasteiger partial charge on any atom is -0.493 e. The molecule has 7 heteroatoms. The average molecular weight is 473 g/mol. The van der Waals surface area contributed by atoms with Gasteiger partial charge in [-0.05, 0) is 54.5 Å². The van der Waals surface area contributed by atoms with Gasteiger partial charge in [-0.3, -0.25) is 4.79 Å². The molecule has 4 rings (SSSR count). The number of hydrogen-bond acceptors (Lipinski definition) is 4. The molecule has 5 nitrogen and oxygen atoms in total. The summed E-state index contributed by atoms with van der Waals surface area (Å²) in [6, 6.07) is 9.07. The second kappa shape index (κ2) is 11.3. The molecule has 1 heterocycles. The van der Waals surface area contributed by atoms with E-state index in [1.54, 1.807) is 0 Å². The summed E-state index contributed by atoms with van der Waals surface area (Å²) in [5.74, 6) is -0.225. The highest BCUT2D eigenvalue weighted by atomic mass is 19.1. The van der Waals surface area contributed by atoms with Crippen LogP contribution in [0.1, 0.15) is 74.1 Å². The third-order valence-electron chi connectivity index (χ3n) is 6.95. The van der Waals surface area contributed by atoms with Crippen LogP contribution in [0, 0.1) is 11.6 Å². The third-order valence-corrected chi connectivity index (χ3v) is 6.95. The zero-order chi connectivity index (χ0) is 24.1. The summed E-state index contributed by atoms with van der Waals surface area (Å²) in [6.07, 6.45) is 6.23. The van der Waals surface area contributed by atoms with Gasteiger partial charge in [0.15, 0.2) is 0 Å². The number of hydrogen-bond donors (Lipinski definition) is 3. The first-order valence-electron chi connectivity index (χ1n) is 12.3. The van der Waals surface area contributed by atoms with E-state index in [4.69, 9.17) is 4.74 Å². The Labute approximate surface area is 199 Å². The largest absolute Gasteiger partial charge is 0.493 e. The molecule has 34 heavy (non-hydrogen) atoms. The molecule has 3 unspecified atom stereocenters. The zero-order valence-electron chi connectivity index (χ0n) is 19.7.